The average molecular weight is 374 g/mol. The lowest BCUT2D eigenvalue weighted by atomic mass is 10.3. The Bertz CT molecular complexity index is 950. The third kappa shape index (κ3) is 4.56. The quantitative estimate of drug-likeness (QED) is 0.596. The molecule has 3 rings (SSSR count). The lowest BCUT2D eigenvalue weighted by Gasteiger charge is -2.05. The van der Waals surface area contributed by atoms with E-state index in [2.05, 4.69) is 4.99 Å². The molecule has 0 aliphatic rings. The first-order valence-corrected chi connectivity index (χ1v) is 9.11. The minimum atomic E-state index is -0.397. The molecule has 0 aliphatic carbocycles. The maximum Gasteiger partial charge on any atom is 0.286 e. The molecular formula is C19H19FN2O3S. The second-order valence-corrected chi connectivity index (χ2v) is 6.46. The van der Waals surface area contributed by atoms with Gasteiger partial charge in [-0.2, -0.15) is 4.99 Å². The normalized spacial score (nSPS) is 11.8. The number of thiazole rings is 1. The Morgan fingerprint density at radius 3 is 2.81 bits per heavy atom. The Labute approximate surface area is 154 Å². The summed E-state index contributed by atoms with van der Waals surface area (Å²) in [5.74, 6) is -0.106. The molecule has 0 fully saturated rings. The van der Waals surface area contributed by atoms with Crippen molar-refractivity contribution in [3.63, 3.8) is 0 Å². The van der Waals surface area contributed by atoms with Crippen molar-refractivity contribution >= 4 is 27.5 Å². The summed E-state index contributed by atoms with van der Waals surface area (Å²) in [4.78, 5) is 16.9. The molecule has 0 N–H and O–H groups in total. The Balaban J connectivity index is 1.85. The van der Waals surface area contributed by atoms with Crippen molar-refractivity contribution < 1.29 is 18.7 Å². The van der Waals surface area contributed by atoms with Crippen LogP contribution in [0.5, 0.6) is 5.75 Å². The molecule has 136 valence electrons. The molecule has 2 aromatic carbocycles. The van der Waals surface area contributed by atoms with Gasteiger partial charge in [0.05, 0.1) is 16.8 Å². The number of rotatable bonds is 7. The maximum atomic E-state index is 13.5. The highest BCUT2D eigenvalue weighted by Crippen LogP contribution is 2.18. The van der Waals surface area contributed by atoms with Gasteiger partial charge in [-0.25, -0.2) is 4.39 Å². The standard InChI is InChI=1S/C19H19FN2O3S/c1-2-24-11-10-22-16-9-8-14(20)12-17(16)26-19(22)21-18(23)13-25-15-6-4-3-5-7-15/h3-9,12H,2,10-11,13H2,1H3. The Morgan fingerprint density at radius 1 is 1.23 bits per heavy atom. The van der Waals surface area contributed by atoms with E-state index in [4.69, 9.17) is 9.47 Å². The first-order valence-electron chi connectivity index (χ1n) is 8.29. The number of carbonyl (C=O) groups is 1. The van der Waals surface area contributed by atoms with E-state index in [9.17, 15) is 9.18 Å². The zero-order chi connectivity index (χ0) is 18.4. The number of aromatic nitrogens is 1. The van der Waals surface area contributed by atoms with Crippen molar-refractivity contribution in [2.24, 2.45) is 4.99 Å². The second-order valence-electron chi connectivity index (χ2n) is 5.45. The fraction of sp³-hybridized carbons (Fsp3) is 0.263. The molecule has 26 heavy (non-hydrogen) atoms. The molecule has 0 aliphatic heterocycles. The van der Waals surface area contributed by atoms with Gasteiger partial charge in [-0.3, -0.25) is 4.79 Å². The highest BCUT2D eigenvalue weighted by atomic mass is 32.1. The van der Waals surface area contributed by atoms with Crippen LogP contribution in [-0.2, 0) is 16.1 Å². The predicted octanol–water partition coefficient (Wildman–Crippen LogP) is 3.38. The van der Waals surface area contributed by atoms with Crippen molar-refractivity contribution in [2.45, 2.75) is 13.5 Å². The van der Waals surface area contributed by atoms with Gasteiger partial charge in [0.15, 0.2) is 11.4 Å². The van der Waals surface area contributed by atoms with Crippen molar-refractivity contribution in [1.82, 2.24) is 4.57 Å². The SMILES string of the molecule is CCOCCn1c(=NC(=O)COc2ccccc2)sc2cc(F)ccc21. The van der Waals surface area contributed by atoms with E-state index in [1.807, 2.05) is 29.7 Å². The highest BCUT2D eigenvalue weighted by molar-refractivity contribution is 7.16. The summed E-state index contributed by atoms with van der Waals surface area (Å²) >= 11 is 1.27. The first-order chi connectivity index (χ1) is 12.7. The summed E-state index contributed by atoms with van der Waals surface area (Å²) in [6, 6.07) is 13.6. The van der Waals surface area contributed by atoms with Crippen LogP contribution in [0.1, 0.15) is 6.92 Å². The summed E-state index contributed by atoms with van der Waals surface area (Å²) in [5, 5.41) is 0. The molecule has 3 aromatic rings. The summed E-state index contributed by atoms with van der Waals surface area (Å²) in [6.07, 6.45) is 0. The molecule has 0 bridgehead atoms. The lowest BCUT2D eigenvalue weighted by Crippen LogP contribution is -2.21. The topological polar surface area (TPSA) is 52.8 Å². The lowest BCUT2D eigenvalue weighted by molar-refractivity contribution is -0.120. The van der Waals surface area contributed by atoms with E-state index in [1.165, 1.54) is 23.5 Å². The molecule has 1 amide bonds. The van der Waals surface area contributed by atoms with Crippen molar-refractivity contribution in [3.8, 4) is 5.75 Å². The molecule has 1 aromatic heterocycles. The summed E-state index contributed by atoms with van der Waals surface area (Å²) < 4.78 is 27.0. The van der Waals surface area contributed by atoms with Gasteiger partial charge in [-0.15, -0.1) is 0 Å². The minimum absolute atomic E-state index is 0.155. The smallest absolute Gasteiger partial charge is 0.286 e. The van der Waals surface area contributed by atoms with Crippen LogP contribution in [0, 0.1) is 5.82 Å². The first kappa shape index (κ1) is 18.3. The molecule has 0 unspecified atom stereocenters. The zero-order valence-electron chi connectivity index (χ0n) is 14.4. The average Bonchev–Trinajstić information content (AvgIpc) is 2.97. The number of para-hydroxylation sites is 1. The Hall–Kier alpha value is -2.51. The number of fused-ring (bicyclic) bond motifs is 1. The van der Waals surface area contributed by atoms with Gasteiger partial charge >= 0.3 is 0 Å². The maximum absolute atomic E-state index is 13.5. The summed E-state index contributed by atoms with van der Waals surface area (Å²) in [5.41, 5.74) is 0.826. The van der Waals surface area contributed by atoms with Crippen LogP contribution in [-0.4, -0.2) is 30.3 Å². The third-order valence-corrected chi connectivity index (χ3v) is 4.68. The number of benzene rings is 2. The summed E-state index contributed by atoms with van der Waals surface area (Å²) in [7, 11) is 0. The van der Waals surface area contributed by atoms with Crippen LogP contribution in [0.25, 0.3) is 10.2 Å². The Kier molecular flexibility index (Phi) is 6.14. The second kappa shape index (κ2) is 8.73. The van der Waals surface area contributed by atoms with E-state index in [0.717, 1.165) is 10.2 Å². The molecule has 0 atom stereocenters. The number of halogens is 1. The fourth-order valence-corrected chi connectivity index (χ4v) is 3.55. The highest BCUT2D eigenvalue weighted by Gasteiger charge is 2.09. The van der Waals surface area contributed by atoms with Gasteiger partial charge in [-0.05, 0) is 37.3 Å². The Morgan fingerprint density at radius 2 is 2.04 bits per heavy atom. The third-order valence-electron chi connectivity index (χ3n) is 3.63. The van der Waals surface area contributed by atoms with Gasteiger partial charge < -0.3 is 14.0 Å². The van der Waals surface area contributed by atoms with E-state index < -0.39 is 5.91 Å². The van der Waals surface area contributed by atoms with Crippen molar-refractivity contribution in [2.75, 3.05) is 19.8 Å². The number of carbonyl (C=O) groups excluding carboxylic acids is 1. The molecule has 5 nitrogen and oxygen atoms in total. The molecule has 0 spiro atoms. The molecule has 7 heteroatoms. The van der Waals surface area contributed by atoms with Gasteiger partial charge in [0.1, 0.15) is 11.6 Å². The van der Waals surface area contributed by atoms with Crippen LogP contribution < -0.4 is 9.54 Å². The number of hydrogen-bond acceptors (Lipinski definition) is 4. The predicted molar refractivity (Wildman–Crippen MR) is 98.8 cm³/mol. The van der Waals surface area contributed by atoms with Crippen LogP contribution in [0.15, 0.2) is 53.5 Å². The fourth-order valence-electron chi connectivity index (χ4n) is 2.45. The van der Waals surface area contributed by atoms with E-state index >= 15 is 0 Å². The van der Waals surface area contributed by atoms with Gasteiger partial charge in [0.25, 0.3) is 5.91 Å². The molecule has 1 heterocycles. The zero-order valence-corrected chi connectivity index (χ0v) is 15.2. The molecule has 0 radical (unpaired) electrons. The largest absolute Gasteiger partial charge is 0.484 e. The van der Waals surface area contributed by atoms with E-state index in [0.29, 0.717) is 30.3 Å². The van der Waals surface area contributed by atoms with Crippen molar-refractivity contribution in [1.29, 1.82) is 0 Å². The van der Waals surface area contributed by atoms with Crippen LogP contribution >= 0.6 is 11.3 Å². The molecular weight excluding hydrogens is 355 g/mol. The minimum Gasteiger partial charge on any atom is -0.484 e. The number of hydrogen-bond donors (Lipinski definition) is 0. The van der Waals surface area contributed by atoms with Gasteiger partial charge in [0, 0.05) is 13.2 Å². The summed E-state index contributed by atoms with van der Waals surface area (Å²) in [6.45, 7) is 3.39. The number of ether oxygens (including phenoxy) is 2. The molecule has 0 saturated carbocycles. The van der Waals surface area contributed by atoms with Crippen molar-refractivity contribution in [3.05, 3.63) is 59.1 Å². The van der Waals surface area contributed by atoms with Crippen LogP contribution in [0.4, 0.5) is 4.39 Å². The monoisotopic (exact) mass is 374 g/mol. The van der Waals surface area contributed by atoms with Crippen LogP contribution in [0.3, 0.4) is 0 Å². The van der Waals surface area contributed by atoms with Gasteiger partial charge in [-0.1, -0.05) is 29.5 Å². The number of amides is 1. The van der Waals surface area contributed by atoms with E-state index in [1.54, 1.807) is 18.2 Å². The van der Waals surface area contributed by atoms with Crippen LogP contribution in [0.2, 0.25) is 0 Å². The van der Waals surface area contributed by atoms with Gasteiger partial charge in [0.2, 0.25) is 0 Å². The molecule has 0 saturated heterocycles. The number of nitrogens with zero attached hydrogens (tertiary/aromatic N) is 2. The van der Waals surface area contributed by atoms with E-state index in [-0.39, 0.29) is 12.4 Å².